The van der Waals surface area contributed by atoms with Crippen molar-refractivity contribution >= 4 is 33.3 Å². The van der Waals surface area contributed by atoms with Gasteiger partial charge in [0.15, 0.2) is 0 Å². The quantitative estimate of drug-likeness (QED) is 0.311. The molecule has 2 aliphatic heterocycles. The highest BCUT2D eigenvalue weighted by molar-refractivity contribution is 7.15. The molecule has 1 atom stereocenters. The van der Waals surface area contributed by atoms with E-state index >= 15 is 0 Å². The van der Waals surface area contributed by atoms with Crippen LogP contribution in [0.3, 0.4) is 0 Å². The number of hydrogen-bond donors (Lipinski definition) is 1. The first-order chi connectivity index (χ1) is 19.0. The van der Waals surface area contributed by atoms with E-state index in [1.807, 2.05) is 37.2 Å². The summed E-state index contributed by atoms with van der Waals surface area (Å²) in [5, 5.41) is 17.1. The molecule has 1 N–H and O–H groups in total. The maximum absolute atomic E-state index is 9.36. The van der Waals surface area contributed by atoms with E-state index in [9.17, 15) is 5.26 Å². The standard InChI is InChI=1S/C30H29N7OS/c1-18-32-14-23(39-18)27-24(19-3-4-22-20(11-19)13-34-36(22)2)25-26-21(12-33-28(25)35-27)15-38-30(26)8-10-37(17-30)16-29(5-6-29)7-9-31/h3-4,11-14H,5-8,10,15-17H2,1-2H3,(H,33,35). The second-order valence-electron chi connectivity index (χ2n) is 11.6. The Balaban J connectivity index is 1.31. The third-order valence-electron chi connectivity index (χ3n) is 9.04. The zero-order valence-corrected chi connectivity index (χ0v) is 22.9. The molecule has 39 heavy (non-hydrogen) atoms. The van der Waals surface area contributed by atoms with E-state index < -0.39 is 0 Å². The largest absolute Gasteiger partial charge is 0.364 e. The number of hydrogen-bond acceptors (Lipinski definition) is 7. The molecule has 6 heterocycles. The Kier molecular flexibility index (Phi) is 4.91. The zero-order valence-electron chi connectivity index (χ0n) is 22.1. The second kappa shape index (κ2) is 8.21. The summed E-state index contributed by atoms with van der Waals surface area (Å²) in [4.78, 5) is 16.8. The molecule has 0 bridgehead atoms. The monoisotopic (exact) mass is 535 g/mol. The van der Waals surface area contributed by atoms with E-state index in [2.05, 4.69) is 44.2 Å². The predicted octanol–water partition coefficient (Wildman–Crippen LogP) is 5.67. The van der Waals surface area contributed by atoms with Gasteiger partial charge in [-0.15, -0.1) is 11.3 Å². The van der Waals surface area contributed by atoms with Gasteiger partial charge >= 0.3 is 0 Å². The molecule has 1 aliphatic carbocycles. The molecule has 5 aromatic rings. The highest BCUT2D eigenvalue weighted by atomic mass is 32.1. The first-order valence-electron chi connectivity index (χ1n) is 13.6. The summed E-state index contributed by atoms with van der Waals surface area (Å²) in [5.41, 5.74) is 7.64. The maximum Gasteiger partial charge on any atom is 0.138 e. The maximum atomic E-state index is 9.36. The molecule has 0 amide bonds. The van der Waals surface area contributed by atoms with E-state index in [0.29, 0.717) is 13.0 Å². The average Bonchev–Trinajstić information content (AvgIpc) is 3.44. The van der Waals surface area contributed by atoms with Gasteiger partial charge in [0, 0.05) is 73.0 Å². The lowest BCUT2D eigenvalue weighted by Gasteiger charge is -2.27. The molecule has 1 saturated carbocycles. The van der Waals surface area contributed by atoms with Gasteiger partial charge in [-0.2, -0.15) is 10.4 Å². The van der Waals surface area contributed by atoms with Crippen LogP contribution in [0, 0.1) is 23.7 Å². The van der Waals surface area contributed by atoms with Crippen molar-refractivity contribution in [1.29, 1.82) is 5.26 Å². The van der Waals surface area contributed by atoms with Gasteiger partial charge < -0.3 is 9.72 Å². The number of likely N-dealkylation sites (tertiary alicyclic amines) is 1. The minimum absolute atomic E-state index is 0.185. The molecule has 9 heteroatoms. The smallest absolute Gasteiger partial charge is 0.138 e. The van der Waals surface area contributed by atoms with Crippen LogP contribution < -0.4 is 0 Å². The number of rotatable bonds is 5. The first kappa shape index (κ1) is 23.3. The minimum atomic E-state index is -0.366. The molecule has 2 fully saturated rings. The number of nitrogens with zero attached hydrogens (tertiary/aromatic N) is 6. The van der Waals surface area contributed by atoms with Crippen molar-refractivity contribution < 1.29 is 4.74 Å². The molecule has 3 aliphatic rings. The fourth-order valence-electron chi connectivity index (χ4n) is 6.91. The predicted molar refractivity (Wildman–Crippen MR) is 151 cm³/mol. The molecular formula is C30H29N7OS. The molecular weight excluding hydrogens is 506 g/mol. The molecule has 1 spiro atoms. The number of thiazole rings is 1. The van der Waals surface area contributed by atoms with E-state index in [4.69, 9.17) is 9.72 Å². The number of nitrogens with one attached hydrogen (secondary N) is 1. The number of aryl methyl sites for hydroxylation is 2. The Hall–Kier alpha value is -3.58. The Morgan fingerprint density at radius 2 is 2.08 bits per heavy atom. The second-order valence-corrected chi connectivity index (χ2v) is 12.9. The SMILES string of the molecule is Cc1ncc(-c2[nH]c3ncc4c(c3c2-c2ccc3c(cnn3C)c2)C2(CCN(CC3(CC#N)CC3)C2)OC4)s1. The molecule has 1 saturated heterocycles. The van der Waals surface area contributed by atoms with Gasteiger partial charge in [-0.05, 0) is 49.3 Å². The van der Waals surface area contributed by atoms with Crippen LogP contribution in [0.1, 0.15) is 41.8 Å². The summed E-state index contributed by atoms with van der Waals surface area (Å²) < 4.78 is 8.62. The fraction of sp³-hybridized carbons (Fsp3) is 0.400. The molecule has 1 aromatic carbocycles. The summed E-state index contributed by atoms with van der Waals surface area (Å²) in [5.74, 6) is 0. The molecule has 8 nitrogen and oxygen atoms in total. The van der Waals surface area contributed by atoms with E-state index in [0.717, 1.165) is 87.5 Å². The van der Waals surface area contributed by atoms with Crippen LogP contribution in [0.15, 0.2) is 36.8 Å². The van der Waals surface area contributed by atoms with E-state index in [1.165, 1.54) is 11.1 Å². The summed E-state index contributed by atoms with van der Waals surface area (Å²) in [6, 6.07) is 9.02. The molecule has 196 valence electrons. The summed E-state index contributed by atoms with van der Waals surface area (Å²) in [6.07, 6.45) is 9.81. The summed E-state index contributed by atoms with van der Waals surface area (Å²) in [6.45, 7) is 5.45. The number of ether oxygens (including phenoxy) is 1. The number of nitriles is 1. The van der Waals surface area contributed by atoms with Gasteiger partial charge in [-0.25, -0.2) is 9.97 Å². The van der Waals surface area contributed by atoms with Crippen LogP contribution in [-0.2, 0) is 24.0 Å². The highest BCUT2D eigenvalue weighted by Crippen LogP contribution is 2.53. The van der Waals surface area contributed by atoms with Crippen molar-refractivity contribution in [3.8, 4) is 27.8 Å². The van der Waals surface area contributed by atoms with Gasteiger partial charge in [0.2, 0.25) is 0 Å². The topological polar surface area (TPSA) is 95.7 Å². The molecule has 0 radical (unpaired) electrons. The third kappa shape index (κ3) is 3.52. The van der Waals surface area contributed by atoms with Crippen LogP contribution in [0.4, 0.5) is 0 Å². The lowest BCUT2D eigenvalue weighted by atomic mass is 9.87. The van der Waals surface area contributed by atoms with Crippen molar-refractivity contribution in [2.75, 3.05) is 19.6 Å². The molecule has 1 unspecified atom stereocenters. The van der Waals surface area contributed by atoms with Crippen LogP contribution in [0.5, 0.6) is 0 Å². The molecule has 4 aromatic heterocycles. The highest BCUT2D eigenvalue weighted by Gasteiger charge is 2.51. The third-order valence-corrected chi connectivity index (χ3v) is 9.97. The summed E-state index contributed by atoms with van der Waals surface area (Å²) >= 11 is 1.70. The van der Waals surface area contributed by atoms with Crippen LogP contribution >= 0.6 is 11.3 Å². The van der Waals surface area contributed by atoms with Gasteiger partial charge in [0.1, 0.15) is 11.2 Å². The number of fused-ring (bicyclic) bond motifs is 5. The fourth-order valence-corrected chi connectivity index (χ4v) is 7.69. The van der Waals surface area contributed by atoms with Crippen molar-refractivity contribution in [1.82, 2.24) is 29.6 Å². The van der Waals surface area contributed by atoms with Gasteiger partial charge in [0.05, 0.1) is 40.0 Å². The Morgan fingerprint density at radius 3 is 2.87 bits per heavy atom. The van der Waals surface area contributed by atoms with Crippen molar-refractivity contribution in [3.63, 3.8) is 0 Å². The lowest BCUT2D eigenvalue weighted by Crippen LogP contribution is -2.34. The zero-order chi connectivity index (χ0) is 26.4. The van der Waals surface area contributed by atoms with Crippen LogP contribution in [0.2, 0.25) is 0 Å². The average molecular weight is 536 g/mol. The van der Waals surface area contributed by atoms with E-state index in [1.54, 1.807) is 11.3 Å². The number of pyridine rings is 1. The number of aromatic nitrogens is 5. The van der Waals surface area contributed by atoms with Crippen molar-refractivity contribution in [2.24, 2.45) is 12.5 Å². The van der Waals surface area contributed by atoms with Crippen molar-refractivity contribution in [2.45, 2.75) is 44.8 Å². The normalized spacial score (nSPS) is 21.8. The van der Waals surface area contributed by atoms with Gasteiger partial charge in [-0.1, -0.05) is 6.07 Å². The van der Waals surface area contributed by atoms with Crippen LogP contribution in [-0.4, -0.2) is 49.3 Å². The number of benzene rings is 1. The molecule has 8 rings (SSSR count). The van der Waals surface area contributed by atoms with Crippen molar-refractivity contribution in [3.05, 3.63) is 52.9 Å². The Morgan fingerprint density at radius 1 is 1.18 bits per heavy atom. The van der Waals surface area contributed by atoms with E-state index in [-0.39, 0.29) is 11.0 Å². The Bertz CT molecular complexity index is 1820. The first-order valence-corrected chi connectivity index (χ1v) is 14.4. The number of H-pyrrole nitrogens is 1. The van der Waals surface area contributed by atoms with Crippen LogP contribution in [0.25, 0.3) is 43.6 Å². The minimum Gasteiger partial charge on any atom is -0.364 e. The van der Waals surface area contributed by atoms with Gasteiger partial charge in [0.25, 0.3) is 0 Å². The lowest BCUT2D eigenvalue weighted by molar-refractivity contribution is -0.0296. The summed E-state index contributed by atoms with van der Waals surface area (Å²) in [7, 11) is 1.98. The van der Waals surface area contributed by atoms with Gasteiger partial charge in [-0.3, -0.25) is 9.58 Å². The Labute approximate surface area is 230 Å². The number of aromatic amines is 1.